The number of anilines is 3. The predicted molar refractivity (Wildman–Crippen MR) is 416 cm³/mol. The number of aryl methyl sites for hydroxylation is 1. The fourth-order valence-corrected chi connectivity index (χ4v) is 16.9. The molecule has 1 saturated carbocycles. The molecule has 5 aromatic carbocycles. The molecule has 6 aromatic heterocycles. The summed E-state index contributed by atoms with van der Waals surface area (Å²) in [6, 6.07) is 43.9. The second-order valence-electron chi connectivity index (χ2n) is 26.8. The van der Waals surface area contributed by atoms with Crippen LogP contribution in [0.2, 0.25) is 0 Å². The van der Waals surface area contributed by atoms with E-state index >= 15 is 0 Å². The van der Waals surface area contributed by atoms with Gasteiger partial charge in [-0.25, -0.2) is 0 Å². The summed E-state index contributed by atoms with van der Waals surface area (Å²) in [7, 11) is 1.58. The maximum absolute atomic E-state index is 13.6. The SMILES string of the molecule is COc1ccc(Cn2c(=O)c([N+](=O)[O-])c(N3CCN(C(=O)c4cccs4)CC3)c3ccccc32)cc1.O=C(c1cccs1)N1CCN(c2c([N+](=O)[O-])c(=O)n(CCC3CCCCC3)c3ccccc23)CC1.O=C(c1cccs1)N1CCN(c2c([N+](=O)[O-])c(=O)n(Cc3ccc(C(F)(F)F)cc3)c3ccccc23)CC1. The van der Waals surface area contributed by atoms with E-state index in [1.165, 1.54) is 87.4 Å². The fraction of sp³-hybridized carbons (Fsp3) is 0.308. The van der Waals surface area contributed by atoms with Crippen molar-refractivity contribution in [1.82, 2.24) is 28.4 Å². The monoisotopic (exact) mass is 1540 g/mol. The Hall–Kier alpha value is -11.6. The summed E-state index contributed by atoms with van der Waals surface area (Å²) < 4.78 is 48.4. The number of rotatable bonds is 17. The number of amides is 3. The van der Waals surface area contributed by atoms with Gasteiger partial charge in [-0.05, 0) is 100 Å². The van der Waals surface area contributed by atoms with Crippen molar-refractivity contribution >= 4 is 119 Å². The van der Waals surface area contributed by atoms with Crippen molar-refractivity contribution in [3.8, 4) is 5.75 Å². The molecule has 25 nitrogen and oxygen atoms in total. The van der Waals surface area contributed by atoms with Crippen LogP contribution in [0.25, 0.3) is 32.7 Å². The summed E-state index contributed by atoms with van der Waals surface area (Å²) in [5.41, 5.74) is -0.365. The molecule has 4 fully saturated rings. The van der Waals surface area contributed by atoms with Crippen molar-refractivity contribution in [2.75, 3.05) is 100 Å². The molecule has 3 saturated heterocycles. The van der Waals surface area contributed by atoms with Gasteiger partial charge >= 0.3 is 39.9 Å². The molecule has 4 aliphatic rings. The molecule has 1 aliphatic carbocycles. The van der Waals surface area contributed by atoms with E-state index in [0.29, 0.717) is 150 Å². The fourth-order valence-electron chi connectivity index (χ4n) is 14.9. The molecule has 9 heterocycles. The van der Waals surface area contributed by atoms with Gasteiger partial charge in [0, 0.05) is 101 Å². The first-order valence-electron chi connectivity index (χ1n) is 35.6. The van der Waals surface area contributed by atoms with E-state index in [1.54, 1.807) is 85.9 Å². The molecule has 15 rings (SSSR count). The number of aromatic nitrogens is 3. The lowest BCUT2D eigenvalue weighted by Gasteiger charge is -2.36. The Balaban J connectivity index is 0.000000144. The topological polar surface area (TPSA) is 275 Å². The second-order valence-corrected chi connectivity index (χ2v) is 29.6. The molecule has 0 atom stereocenters. The largest absolute Gasteiger partial charge is 0.497 e. The highest BCUT2D eigenvalue weighted by Gasteiger charge is 2.37. The first-order chi connectivity index (χ1) is 52.7. The summed E-state index contributed by atoms with van der Waals surface area (Å²) in [5.74, 6) is 1.10. The predicted octanol–water partition coefficient (Wildman–Crippen LogP) is 13.9. The highest BCUT2D eigenvalue weighted by atomic mass is 32.1. The standard InChI is InChI=1S/C26H21F3N4O4S.C26H24N4O5S.C26H30N4O4S/c27-26(28,29)18-9-7-17(8-10-18)16-32-20-5-2-1-4-19(20)22(23(25(32)35)33(36)37)30-11-13-31(14-12-30)24(34)21-6-3-15-38-21;1-35-19-10-8-18(9-11-19)17-29-21-6-3-2-5-20(21)23(24(26(29)32)30(33)34)27-12-14-28(15-13-27)25(31)22-7-4-16-36-22;31-25(22-11-6-18-35-22)28-16-14-27(15-17-28)23-20-9-4-5-10-21(20)29(26(32)24(23)30(33)34)13-12-19-7-2-1-3-8-19/h1-10,15H,11-14,16H2;2-11,16H,12-15,17H2,1H3;4-6,9-11,18-19H,1-3,7-8,12-17H2. The average Bonchev–Trinajstić information content (AvgIpc) is 0.894. The zero-order chi connectivity index (χ0) is 76.6. The highest BCUT2D eigenvalue weighted by molar-refractivity contribution is 7.12. The number of ether oxygens (including phenoxy) is 1. The van der Waals surface area contributed by atoms with E-state index in [0.717, 1.165) is 35.0 Å². The van der Waals surface area contributed by atoms with Gasteiger partial charge in [0.15, 0.2) is 0 Å². The Morgan fingerprint density at radius 3 is 1.09 bits per heavy atom. The average molecular weight is 1540 g/mol. The van der Waals surface area contributed by atoms with Crippen LogP contribution in [0.4, 0.5) is 47.3 Å². The number of carbonyl (C=O) groups excluding carboxylic acids is 3. The van der Waals surface area contributed by atoms with Gasteiger partial charge in [0.25, 0.3) is 17.7 Å². The first-order valence-corrected chi connectivity index (χ1v) is 38.2. The number of pyridine rings is 3. The molecule has 0 spiro atoms. The zero-order valence-electron chi connectivity index (χ0n) is 59.2. The molecule has 564 valence electrons. The van der Waals surface area contributed by atoms with Crippen LogP contribution in [-0.2, 0) is 25.8 Å². The maximum atomic E-state index is 13.6. The minimum absolute atomic E-state index is 0.0165. The minimum atomic E-state index is -4.50. The van der Waals surface area contributed by atoms with E-state index < -0.39 is 54.6 Å². The molecule has 109 heavy (non-hydrogen) atoms. The molecule has 3 aliphatic heterocycles. The lowest BCUT2D eigenvalue weighted by molar-refractivity contribution is -0.385. The van der Waals surface area contributed by atoms with Gasteiger partial charge in [-0.1, -0.05) is 129 Å². The van der Waals surface area contributed by atoms with Crippen LogP contribution in [0.1, 0.15) is 84.2 Å². The molecular formula is C78H75F3N12O13S3. The third kappa shape index (κ3) is 16.3. The Morgan fingerprint density at radius 2 is 0.771 bits per heavy atom. The van der Waals surface area contributed by atoms with Crippen molar-refractivity contribution in [1.29, 1.82) is 0 Å². The van der Waals surface area contributed by atoms with Crippen molar-refractivity contribution in [2.45, 2.75) is 64.3 Å². The van der Waals surface area contributed by atoms with Gasteiger partial charge < -0.3 is 38.7 Å². The Bertz CT molecular complexity index is 5360. The summed E-state index contributed by atoms with van der Waals surface area (Å²) in [4.78, 5) is 126. The summed E-state index contributed by atoms with van der Waals surface area (Å²) in [5, 5.41) is 44.0. The van der Waals surface area contributed by atoms with Crippen molar-refractivity contribution in [3.63, 3.8) is 0 Å². The normalized spacial score (nSPS) is 15.0. The van der Waals surface area contributed by atoms with Crippen molar-refractivity contribution in [3.05, 3.63) is 267 Å². The number of hydrogen-bond acceptors (Lipinski definition) is 19. The second kappa shape index (κ2) is 33.3. The van der Waals surface area contributed by atoms with E-state index in [-0.39, 0.29) is 42.2 Å². The highest BCUT2D eigenvalue weighted by Crippen LogP contribution is 2.40. The number of nitrogens with zero attached hydrogens (tertiary/aromatic N) is 12. The van der Waals surface area contributed by atoms with E-state index in [2.05, 4.69) is 0 Å². The van der Waals surface area contributed by atoms with Crippen LogP contribution in [0.15, 0.2) is 188 Å². The molecule has 0 radical (unpaired) electrons. The van der Waals surface area contributed by atoms with Crippen LogP contribution < -0.4 is 36.1 Å². The third-order valence-corrected chi connectivity index (χ3v) is 22.9. The van der Waals surface area contributed by atoms with Gasteiger partial charge in [-0.15, -0.1) is 34.0 Å². The van der Waals surface area contributed by atoms with Gasteiger partial charge in [0.05, 0.1) is 71.7 Å². The van der Waals surface area contributed by atoms with Crippen LogP contribution in [0.5, 0.6) is 5.75 Å². The zero-order valence-corrected chi connectivity index (χ0v) is 61.7. The molecule has 0 N–H and O–H groups in total. The number of para-hydroxylation sites is 3. The lowest BCUT2D eigenvalue weighted by Crippen LogP contribution is -2.49. The number of hydrogen-bond donors (Lipinski definition) is 0. The number of benzene rings is 5. The van der Waals surface area contributed by atoms with E-state index in [1.807, 2.05) is 105 Å². The quantitative estimate of drug-likeness (QED) is 0.0605. The molecule has 0 unspecified atom stereocenters. The molecule has 0 bridgehead atoms. The van der Waals surface area contributed by atoms with Crippen LogP contribution in [-0.4, -0.2) is 147 Å². The summed E-state index contributed by atoms with van der Waals surface area (Å²) >= 11 is 4.14. The van der Waals surface area contributed by atoms with Crippen molar-refractivity contribution in [2.24, 2.45) is 5.92 Å². The minimum Gasteiger partial charge on any atom is -0.497 e. The number of carbonyl (C=O) groups is 3. The Morgan fingerprint density at radius 1 is 0.440 bits per heavy atom. The van der Waals surface area contributed by atoms with Crippen LogP contribution >= 0.6 is 34.0 Å². The van der Waals surface area contributed by atoms with Crippen LogP contribution in [0, 0.1) is 36.3 Å². The van der Waals surface area contributed by atoms with Crippen molar-refractivity contribution < 1.29 is 47.1 Å². The smallest absolute Gasteiger partial charge is 0.416 e. The number of piperazine rings is 3. The third-order valence-electron chi connectivity index (χ3n) is 20.4. The van der Waals surface area contributed by atoms with Gasteiger partial charge in [-0.2, -0.15) is 13.2 Å². The van der Waals surface area contributed by atoms with Crippen LogP contribution in [0.3, 0.4) is 0 Å². The maximum Gasteiger partial charge on any atom is 0.416 e. The first kappa shape index (κ1) is 75.7. The van der Waals surface area contributed by atoms with Gasteiger partial charge in [-0.3, -0.25) is 68.2 Å². The lowest BCUT2D eigenvalue weighted by atomic mass is 9.87. The number of fused-ring (bicyclic) bond motifs is 3. The Kier molecular flexibility index (Phi) is 23.1. The molecule has 31 heteroatoms. The molecule has 11 aromatic rings. The summed E-state index contributed by atoms with van der Waals surface area (Å²) in [6.45, 7) is 5.19. The number of alkyl halides is 3. The molecule has 3 amide bonds. The number of halogens is 3. The van der Waals surface area contributed by atoms with Gasteiger partial charge in [0.1, 0.15) is 22.8 Å². The Labute approximate surface area is 633 Å². The number of methoxy groups -OCH3 is 1. The number of nitro groups is 3. The van der Waals surface area contributed by atoms with Gasteiger partial charge in [0.2, 0.25) is 0 Å². The summed E-state index contributed by atoms with van der Waals surface area (Å²) in [6.07, 6.45) is 2.42. The number of thiophene rings is 3. The van der Waals surface area contributed by atoms with E-state index in [9.17, 15) is 72.3 Å². The van der Waals surface area contributed by atoms with E-state index in [4.69, 9.17) is 4.74 Å². The molecular weight excluding hydrogens is 1470 g/mol.